The number of aromatic nitrogens is 3. The van der Waals surface area contributed by atoms with Gasteiger partial charge in [-0.3, -0.25) is 4.79 Å². The van der Waals surface area contributed by atoms with Gasteiger partial charge in [0.15, 0.2) is 0 Å². The van der Waals surface area contributed by atoms with Crippen molar-refractivity contribution in [1.82, 2.24) is 19.9 Å². The van der Waals surface area contributed by atoms with E-state index in [1.165, 1.54) is 0 Å². The molecule has 0 spiro atoms. The maximum atomic E-state index is 12.4. The number of hydrogen-bond donors (Lipinski definition) is 1. The van der Waals surface area contributed by atoms with Gasteiger partial charge in [-0.1, -0.05) is 12.1 Å². The molecule has 2 heterocycles. The standard InChI is InChI=1S/C19H22N4O2/c1-3-25-18-11-10-14(13-20-18)19(24)23(2)12-6-9-17-21-15-7-4-5-8-16(15)22-17/h4-5,7-8,10-11,13H,3,6,9,12H2,1-2H3,(H,21,22). The van der Waals surface area contributed by atoms with E-state index in [0.29, 0.717) is 24.6 Å². The largest absolute Gasteiger partial charge is 0.478 e. The summed E-state index contributed by atoms with van der Waals surface area (Å²) in [6, 6.07) is 11.4. The first-order valence-corrected chi connectivity index (χ1v) is 8.45. The summed E-state index contributed by atoms with van der Waals surface area (Å²) in [5, 5.41) is 0. The molecular weight excluding hydrogens is 316 g/mol. The molecule has 0 radical (unpaired) electrons. The normalized spacial score (nSPS) is 10.8. The highest BCUT2D eigenvalue weighted by Gasteiger charge is 2.12. The molecule has 0 saturated heterocycles. The lowest BCUT2D eigenvalue weighted by molar-refractivity contribution is 0.0793. The summed E-state index contributed by atoms with van der Waals surface area (Å²) in [7, 11) is 1.80. The van der Waals surface area contributed by atoms with Gasteiger partial charge in [-0.15, -0.1) is 0 Å². The zero-order chi connectivity index (χ0) is 17.6. The summed E-state index contributed by atoms with van der Waals surface area (Å²) >= 11 is 0. The first kappa shape index (κ1) is 17.0. The number of nitrogens with one attached hydrogen (secondary N) is 1. The van der Waals surface area contributed by atoms with E-state index in [2.05, 4.69) is 15.0 Å². The number of carbonyl (C=O) groups is 1. The smallest absolute Gasteiger partial charge is 0.255 e. The third-order valence-electron chi connectivity index (χ3n) is 3.97. The molecular formula is C19H22N4O2. The minimum atomic E-state index is -0.0415. The minimum absolute atomic E-state index is 0.0415. The number of nitrogens with zero attached hydrogens (tertiary/aromatic N) is 3. The second-order valence-corrected chi connectivity index (χ2v) is 5.85. The molecule has 0 saturated carbocycles. The Kier molecular flexibility index (Phi) is 5.28. The van der Waals surface area contributed by atoms with Gasteiger partial charge in [0.1, 0.15) is 5.82 Å². The summed E-state index contributed by atoms with van der Waals surface area (Å²) in [5.41, 5.74) is 2.58. The SMILES string of the molecule is CCOc1ccc(C(=O)N(C)CCCc2nc3ccccc3[nH]2)cn1. The van der Waals surface area contributed by atoms with Crippen molar-refractivity contribution in [3.8, 4) is 5.88 Å². The number of amides is 1. The van der Waals surface area contributed by atoms with Crippen molar-refractivity contribution in [3.63, 3.8) is 0 Å². The Morgan fingerprint density at radius 3 is 2.80 bits per heavy atom. The van der Waals surface area contributed by atoms with Crippen LogP contribution in [-0.4, -0.2) is 46.0 Å². The van der Waals surface area contributed by atoms with E-state index in [9.17, 15) is 4.79 Å². The van der Waals surface area contributed by atoms with E-state index in [-0.39, 0.29) is 5.91 Å². The molecule has 1 amide bonds. The van der Waals surface area contributed by atoms with E-state index in [0.717, 1.165) is 29.7 Å². The number of H-pyrrole nitrogens is 1. The second kappa shape index (κ2) is 7.79. The Hall–Kier alpha value is -2.89. The quantitative estimate of drug-likeness (QED) is 0.719. The number of ether oxygens (including phenoxy) is 1. The lowest BCUT2D eigenvalue weighted by atomic mass is 10.2. The minimum Gasteiger partial charge on any atom is -0.478 e. The Bertz CT molecular complexity index is 809. The van der Waals surface area contributed by atoms with Gasteiger partial charge in [0, 0.05) is 32.3 Å². The number of benzene rings is 1. The van der Waals surface area contributed by atoms with E-state index in [1.54, 1.807) is 30.3 Å². The highest BCUT2D eigenvalue weighted by Crippen LogP contribution is 2.12. The number of rotatable bonds is 7. The lowest BCUT2D eigenvalue weighted by Crippen LogP contribution is -2.28. The average Bonchev–Trinajstić information content (AvgIpc) is 3.04. The van der Waals surface area contributed by atoms with Gasteiger partial charge < -0.3 is 14.6 Å². The van der Waals surface area contributed by atoms with Gasteiger partial charge in [-0.05, 0) is 31.5 Å². The lowest BCUT2D eigenvalue weighted by Gasteiger charge is -2.16. The Morgan fingerprint density at radius 1 is 1.24 bits per heavy atom. The fourth-order valence-corrected chi connectivity index (χ4v) is 2.67. The third-order valence-corrected chi connectivity index (χ3v) is 3.97. The van der Waals surface area contributed by atoms with E-state index in [1.807, 2.05) is 31.2 Å². The second-order valence-electron chi connectivity index (χ2n) is 5.85. The van der Waals surface area contributed by atoms with Gasteiger partial charge in [0.2, 0.25) is 5.88 Å². The van der Waals surface area contributed by atoms with Crippen molar-refractivity contribution in [1.29, 1.82) is 0 Å². The van der Waals surface area contributed by atoms with Crippen molar-refractivity contribution in [2.24, 2.45) is 0 Å². The molecule has 0 unspecified atom stereocenters. The molecule has 6 nitrogen and oxygen atoms in total. The number of hydrogen-bond acceptors (Lipinski definition) is 4. The zero-order valence-electron chi connectivity index (χ0n) is 14.5. The Labute approximate surface area is 146 Å². The van der Waals surface area contributed by atoms with Crippen LogP contribution < -0.4 is 4.74 Å². The molecule has 25 heavy (non-hydrogen) atoms. The van der Waals surface area contributed by atoms with Crippen molar-refractivity contribution < 1.29 is 9.53 Å². The maximum Gasteiger partial charge on any atom is 0.255 e. The number of para-hydroxylation sites is 2. The van der Waals surface area contributed by atoms with Gasteiger partial charge in [0.25, 0.3) is 5.91 Å². The number of pyridine rings is 1. The molecule has 3 aromatic rings. The van der Waals surface area contributed by atoms with Crippen LogP contribution in [0.2, 0.25) is 0 Å². The first-order chi connectivity index (χ1) is 12.2. The van der Waals surface area contributed by atoms with E-state index >= 15 is 0 Å². The third kappa shape index (κ3) is 4.15. The fraction of sp³-hybridized carbons (Fsp3) is 0.316. The summed E-state index contributed by atoms with van der Waals surface area (Å²) in [4.78, 5) is 26.1. The van der Waals surface area contributed by atoms with Crippen LogP contribution in [-0.2, 0) is 6.42 Å². The molecule has 130 valence electrons. The van der Waals surface area contributed by atoms with Crippen LogP contribution in [0.5, 0.6) is 5.88 Å². The van der Waals surface area contributed by atoms with Crippen LogP contribution in [0.1, 0.15) is 29.5 Å². The van der Waals surface area contributed by atoms with Gasteiger partial charge >= 0.3 is 0 Å². The van der Waals surface area contributed by atoms with Gasteiger partial charge in [-0.25, -0.2) is 9.97 Å². The number of aromatic amines is 1. The molecule has 3 rings (SSSR count). The molecule has 0 aliphatic heterocycles. The van der Waals surface area contributed by atoms with Crippen LogP contribution in [0.25, 0.3) is 11.0 Å². The zero-order valence-corrected chi connectivity index (χ0v) is 14.5. The summed E-state index contributed by atoms with van der Waals surface area (Å²) in [5.74, 6) is 1.44. The topological polar surface area (TPSA) is 71.1 Å². The molecule has 0 bridgehead atoms. The molecule has 6 heteroatoms. The Balaban J connectivity index is 1.52. The van der Waals surface area contributed by atoms with Crippen LogP contribution in [0, 0.1) is 0 Å². The van der Waals surface area contributed by atoms with Crippen LogP contribution in [0.4, 0.5) is 0 Å². The van der Waals surface area contributed by atoms with Crippen molar-refractivity contribution in [2.45, 2.75) is 19.8 Å². The number of imidazole rings is 1. The molecule has 1 N–H and O–H groups in total. The van der Waals surface area contributed by atoms with Crippen molar-refractivity contribution in [3.05, 3.63) is 54.0 Å². The van der Waals surface area contributed by atoms with Gasteiger partial charge in [-0.2, -0.15) is 0 Å². The molecule has 0 aliphatic carbocycles. The fourth-order valence-electron chi connectivity index (χ4n) is 2.67. The predicted molar refractivity (Wildman–Crippen MR) is 96.8 cm³/mol. The van der Waals surface area contributed by atoms with Gasteiger partial charge in [0.05, 0.1) is 23.2 Å². The summed E-state index contributed by atoms with van der Waals surface area (Å²) < 4.78 is 5.29. The summed E-state index contributed by atoms with van der Waals surface area (Å²) in [6.07, 6.45) is 3.20. The summed E-state index contributed by atoms with van der Waals surface area (Å²) in [6.45, 7) is 3.11. The maximum absolute atomic E-state index is 12.4. The number of aryl methyl sites for hydroxylation is 1. The Morgan fingerprint density at radius 2 is 2.08 bits per heavy atom. The highest BCUT2D eigenvalue weighted by molar-refractivity contribution is 5.93. The van der Waals surface area contributed by atoms with E-state index in [4.69, 9.17) is 4.74 Å². The predicted octanol–water partition coefficient (Wildman–Crippen LogP) is 3.06. The van der Waals surface area contributed by atoms with Crippen LogP contribution >= 0.6 is 0 Å². The molecule has 0 aliphatic rings. The monoisotopic (exact) mass is 338 g/mol. The highest BCUT2D eigenvalue weighted by atomic mass is 16.5. The van der Waals surface area contributed by atoms with Crippen LogP contribution in [0.15, 0.2) is 42.6 Å². The molecule has 0 atom stereocenters. The molecule has 1 aromatic carbocycles. The number of fused-ring (bicyclic) bond motifs is 1. The molecule has 0 fully saturated rings. The average molecular weight is 338 g/mol. The number of carbonyl (C=O) groups excluding carboxylic acids is 1. The van der Waals surface area contributed by atoms with Crippen molar-refractivity contribution in [2.75, 3.05) is 20.2 Å². The van der Waals surface area contributed by atoms with E-state index < -0.39 is 0 Å². The van der Waals surface area contributed by atoms with Crippen molar-refractivity contribution >= 4 is 16.9 Å². The molecule has 2 aromatic heterocycles. The van der Waals surface area contributed by atoms with Crippen LogP contribution in [0.3, 0.4) is 0 Å². The first-order valence-electron chi connectivity index (χ1n) is 8.45.